The number of rotatable bonds is 7. The lowest BCUT2D eigenvalue weighted by atomic mass is 9.96. The predicted octanol–water partition coefficient (Wildman–Crippen LogP) is 0.00840. The van der Waals surface area contributed by atoms with E-state index in [4.69, 9.17) is 5.73 Å². The van der Waals surface area contributed by atoms with E-state index in [0.717, 1.165) is 38.8 Å². The Morgan fingerprint density at radius 3 is 2.91 bits per heavy atom. The molecule has 1 aromatic heterocycles. The molecule has 2 amide bonds. The van der Waals surface area contributed by atoms with E-state index in [9.17, 15) is 9.59 Å². The first-order valence-corrected chi connectivity index (χ1v) is 8.19. The van der Waals surface area contributed by atoms with Gasteiger partial charge in [0.05, 0.1) is 18.7 Å². The number of nitrogens with zero attached hydrogens (tertiary/aromatic N) is 4. The Morgan fingerprint density at radius 2 is 2.26 bits per heavy atom. The van der Waals surface area contributed by atoms with Crippen LogP contribution in [-0.4, -0.2) is 64.6 Å². The summed E-state index contributed by atoms with van der Waals surface area (Å²) in [7, 11) is 3.76. The summed E-state index contributed by atoms with van der Waals surface area (Å²) in [6.07, 6.45) is 7.54. The fourth-order valence-electron chi connectivity index (χ4n) is 3.16. The first-order valence-electron chi connectivity index (χ1n) is 8.19. The zero-order chi connectivity index (χ0) is 16.8. The molecule has 1 saturated heterocycles. The van der Waals surface area contributed by atoms with Gasteiger partial charge in [0.25, 0.3) is 0 Å². The van der Waals surface area contributed by atoms with Crippen molar-refractivity contribution in [3.05, 3.63) is 18.0 Å². The van der Waals surface area contributed by atoms with E-state index >= 15 is 0 Å². The Kier molecular flexibility index (Phi) is 6.15. The highest BCUT2D eigenvalue weighted by molar-refractivity contribution is 5.79. The summed E-state index contributed by atoms with van der Waals surface area (Å²) in [5.74, 6) is -0.181. The van der Waals surface area contributed by atoms with Gasteiger partial charge in [-0.3, -0.25) is 19.2 Å². The molecule has 2 rings (SSSR count). The van der Waals surface area contributed by atoms with Crippen molar-refractivity contribution < 1.29 is 9.59 Å². The van der Waals surface area contributed by atoms with Crippen LogP contribution in [0, 0.1) is 5.92 Å². The lowest BCUT2D eigenvalue weighted by Crippen LogP contribution is -2.46. The molecule has 7 heteroatoms. The van der Waals surface area contributed by atoms with Crippen LogP contribution in [0.2, 0.25) is 0 Å². The molecule has 1 fully saturated rings. The third-order valence-corrected chi connectivity index (χ3v) is 4.33. The van der Waals surface area contributed by atoms with Crippen molar-refractivity contribution in [2.45, 2.75) is 25.7 Å². The van der Waals surface area contributed by atoms with Crippen molar-refractivity contribution in [3.8, 4) is 0 Å². The molecule has 1 unspecified atom stereocenters. The molecule has 0 aliphatic carbocycles. The summed E-state index contributed by atoms with van der Waals surface area (Å²) in [6, 6.07) is 0. The normalized spacial score (nSPS) is 18.8. The molecule has 1 aromatic rings. The lowest BCUT2D eigenvalue weighted by molar-refractivity contribution is -0.136. The van der Waals surface area contributed by atoms with Gasteiger partial charge in [0.15, 0.2) is 0 Å². The number of carbonyl (C=O) groups excluding carboxylic acids is 2. The van der Waals surface area contributed by atoms with Crippen molar-refractivity contribution in [2.24, 2.45) is 18.7 Å². The smallest absolute Gasteiger partial charge is 0.231 e. The first-order chi connectivity index (χ1) is 11.0. The van der Waals surface area contributed by atoms with Gasteiger partial charge in [-0.2, -0.15) is 5.10 Å². The summed E-state index contributed by atoms with van der Waals surface area (Å²) in [5, 5.41) is 4.15. The SMILES string of the molecule is CN(CCCc1cnn(C)c1)C(=O)C1CCCN(CC(N)=O)C1. The second kappa shape index (κ2) is 8.10. The lowest BCUT2D eigenvalue weighted by Gasteiger charge is -2.33. The highest BCUT2D eigenvalue weighted by Gasteiger charge is 2.28. The summed E-state index contributed by atoms with van der Waals surface area (Å²) in [6.45, 7) is 2.46. The highest BCUT2D eigenvalue weighted by atomic mass is 16.2. The third kappa shape index (κ3) is 5.35. The Labute approximate surface area is 137 Å². The molecule has 0 radical (unpaired) electrons. The molecule has 2 N–H and O–H groups in total. The number of aryl methyl sites for hydroxylation is 2. The zero-order valence-electron chi connectivity index (χ0n) is 14.1. The Morgan fingerprint density at radius 1 is 1.48 bits per heavy atom. The molecule has 7 nitrogen and oxygen atoms in total. The maximum absolute atomic E-state index is 12.5. The van der Waals surface area contributed by atoms with E-state index in [1.165, 1.54) is 5.56 Å². The number of hydrogen-bond donors (Lipinski definition) is 1. The van der Waals surface area contributed by atoms with Gasteiger partial charge >= 0.3 is 0 Å². The zero-order valence-corrected chi connectivity index (χ0v) is 14.1. The third-order valence-electron chi connectivity index (χ3n) is 4.33. The molecule has 0 aromatic carbocycles. The molecule has 0 saturated carbocycles. The van der Waals surface area contributed by atoms with Crippen molar-refractivity contribution in [1.82, 2.24) is 19.6 Å². The molecule has 2 heterocycles. The van der Waals surface area contributed by atoms with Crippen LogP contribution in [0.25, 0.3) is 0 Å². The van der Waals surface area contributed by atoms with Gasteiger partial charge in [-0.1, -0.05) is 0 Å². The fourth-order valence-corrected chi connectivity index (χ4v) is 3.16. The summed E-state index contributed by atoms with van der Waals surface area (Å²) in [5.41, 5.74) is 6.44. The van der Waals surface area contributed by atoms with Crippen molar-refractivity contribution in [1.29, 1.82) is 0 Å². The standard InChI is InChI=1S/C16H27N5O2/c1-19(7-3-5-13-9-18-20(2)10-13)16(23)14-6-4-8-21(11-14)12-15(17)22/h9-10,14H,3-8,11-12H2,1-2H3,(H2,17,22). The molecule has 0 spiro atoms. The summed E-state index contributed by atoms with van der Waals surface area (Å²) < 4.78 is 1.79. The number of piperidine rings is 1. The molecular weight excluding hydrogens is 294 g/mol. The number of amides is 2. The second-order valence-corrected chi connectivity index (χ2v) is 6.43. The van der Waals surface area contributed by atoms with Gasteiger partial charge < -0.3 is 10.6 Å². The quantitative estimate of drug-likeness (QED) is 0.766. The van der Waals surface area contributed by atoms with Crippen LogP contribution in [0.15, 0.2) is 12.4 Å². The van der Waals surface area contributed by atoms with Crippen molar-refractivity contribution >= 4 is 11.8 Å². The van der Waals surface area contributed by atoms with E-state index in [1.807, 2.05) is 36.3 Å². The van der Waals surface area contributed by atoms with Crippen LogP contribution in [0.5, 0.6) is 0 Å². The van der Waals surface area contributed by atoms with Crippen LogP contribution in [-0.2, 0) is 23.1 Å². The van der Waals surface area contributed by atoms with Gasteiger partial charge in [0, 0.05) is 33.4 Å². The topological polar surface area (TPSA) is 84.5 Å². The van der Waals surface area contributed by atoms with E-state index in [-0.39, 0.29) is 24.3 Å². The van der Waals surface area contributed by atoms with Crippen LogP contribution in [0.1, 0.15) is 24.8 Å². The van der Waals surface area contributed by atoms with Gasteiger partial charge in [-0.05, 0) is 37.8 Å². The molecule has 1 atom stereocenters. The van der Waals surface area contributed by atoms with Gasteiger partial charge in [-0.15, -0.1) is 0 Å². The molecule has 1 aliphatic rings. The minimum absolute atomic E-state index is 0.0218. The number of hydrogen-bond acceptors (Lipinski definition) is 4. The maximum atomic E-state index is 12.5. The summed E-state index contributed by atoms with van der Waals surface area (Å²) >= 11 is 0. The largest absolute Gasteiger partial charge is 0.369 e. The Hall–Kier alpha value is -1.89. The Balaban J connectivity index is 1.76. The van der Waals surface area contributed by atoms with Crippen LogP contribution in [0.3, 0.4) is 0 Å². The van der Waals surface area contributed by atoms with Crippen molar-refractivity contribution in [3.63, 3.8) is 0 Å². The molecule has 1 aliphatic heterocycles. The minimum Gasteiger partial charge on any atom is -0.369 e. The second-order valence-electron chi connectivity index (χ2n) is 6.43. The number of primary amides is 1. The van der Waals surface area contributed by atoms with E-state index in [2.05, 4.69) is 5.10 Å². The van der Waals surface area contributed by atoms with E-state index < -0.39 is 0 Å². The fraction of sp³-hybridized carbons (Fsp3) is 0.688. The summed E-state index contributed by atoms with van der Waals surface area (Å²) in [4.78, 5) is 27.4. The van der Waals surface area contributed by atoms with Crippen LogP contribution < -0.4 is 5.73 Å². The number of likely N-dealkylation sites (tertiary alicyclic amines) is 1. The van der Waals surface area contributed by atoms with E-state index in [1.54, 1.807) is 4.68 Å². The van der Waals surface area contributed by atoms with Crippen LogP contribution >= 0.6 is 0 Å². The Bertz CT molecular complexity index is 542. The minimum atomic E-state index is -0.331. The van der Waals surface area contributed by atoms with E-state index in [0.29, 0.717) is 6.54 Å². The molecular formula is C16H27N5O2. The van der Waals surface area contributed by atoms with Crippen LogP contribution in [0.4, 0.5) is 0 Å². The van der Waals surface area contributed by atoms with Gasteiger partial charge in [-0.25, -0.2) is 0 Å². The average Bonchev–Trinajstić information content (AvgIpc) is 2.91. The molecule has 23 heavy (non-hydrogen) atoms. The number of aromatic nitrogens is 2. The molecule has 0 bridgehead atoms. The van der Waals surface area contributed by atoms with Gasteiger partial charge in [0.1, 0.15) is 0 Å². The maximum Gasteiger partial charge on any atom is 0.231 e. The number of carbonyl (C=O) groups is 2. The van der Waals surface area contributed by atoms with Crippen molar-refractivity contribution in [2.75, 3.05) is 33.2 Å². The highest BCUT2D eigenvalue weighted by Crippen LogP contribution is 2.18. The monoisotopic (exact) mass is 321 g/mol. The number of nitrogens with two attached hydrogens (primary N) is 1. The first kappa shape index (κ1) is 17.5. The van der Waals surface area contributed by atoms with Gasteiger partial charge in [0.2, 0.25) is 11.8 Å². The molecule has 128 valence electrons. The predicted molar refractivity (Wildman–Crippen MR) is 87.5 cm³/mol. The average molecular weight is 321 g/mol.